The van der Waals surface area contributed by atoms with Gasteiger partial charge in [0.25, 0.3) is 11.6 Å². The summed E-state index contributed by atoms with van der Waals surface area (Å²) >= 11 is 6.73. The average molecular weight is 378 g/mol. The van der Waals surface area contributed by atoms with E-state index in [9.17, 15) is 19.3 Å². The van der Waals surface area contributed by atoms with Gasteiger partial charge in [-0.3, -0.25) is 14.9 Å². The number of nitrogens with zero attached hydrogens (tertiary/aromatic N) is 2. The quantitative estimate of drug-likeness (QED) is 0.491. The van der Waals surface area contributed by atoms with Crippen LogP contribution in [0.25, 0.3) is 6.08 Å². The molecule has 1 saturated heterocycles. The fourth-order valence-electron chi connectivity index (χ4n) is 2.07. The Kier molecular flexibility index (Phi) is 4.82. The van der Waals surface area contributed by atoms with Gasteiger partial charge in [-0.1, -0.05) is 23.7 Å². The van der Waals surface area contributed by atoms with Crippen molar-refractivity contribution in [3.63, 3.8) is 0 Å². The number of benzene rings is 2. The van der Waals surface area contributed by atoms with Crippen molar-refractivity contribution < 1.29 is 14.1 Å². The highest BCUT2D eigenvalue weighted by atomic mass is 35.5. The second-order valence-corrected chi connectivity index (χ2v) is 6.33. The summed E-state index contributed by atoms with van der Waals surface area (Å²) in [7, 11) is 0. The molecule has 9 heteroatoms. The van der Waals surface area contributed by atoms with Crippen LogP contribution in [-0.4, -0.2) is 16.0 Å². The molecule has 1 aliphatic heterocycles. The smallest absolute Gasteiger partial charge is 0.276 e. The fourth-order valence-corrected chi connectivity index (χ4v) is 3.08. The Morgan fingerprint density at radius 2 is 2.04 bits per heavy atom. The van der Waals surface area contributed by atoms with Gasteiger partial charge >= 0.3 is 0 Å². The van der Waals surface area contributed by atoms with E-state index in [1.165, 1.54) is 30.3 Å². The zero-order valence-electron chi connectivity index (χ0n) is 12.4. The van der Waals surface area contributed by atoms with Gasteiger partial charge in [0, 0.05) is 6.07 Å². The van der Waals surface area contributed by atoms with Gasteiger partial charge < -0.3 is 5.32 Å². The van der Waals surface area contributed by atoms with E-state index in [2.05, 4.69) is 10.3 Å². The SMILES string of the molecule is O=C1NC(=Nc2ccc(F)c(Cl)c2)S/C1=C\c1ccccc1[N+](=O)[O-]. The van der Waals surface area contributed by atoms with Gasteiger partial charge in [-0.2, -0.15) is 0 Å². The molecule has 0 bridgehead atoms. The number of amidine groups is 1. The number of rotatable bonds is 3. The van der Waals surface area contributed by atoms with Crippen molar-refractivity contribution in [1.82, 2.24) is 5.32 Å². The average Bonchev–Trinajstić information content (AvgIpc) is 2.90. The number of carbonyl (C=O) groups excluding carboxylic acids is 1. The summed E-state index contributed by atoms with van der Waals surface area (Å²) in [5, 5.41) is 13.8. The van der Waals surface area contributed by atoms with Gasteiger partial charge in [0.2, 0.25) is 0 Å². The van der Waals surface area contributed by atoms with E-state index in [1.807, 2.05) is 0 Å². The standard InChI is InChI=1S/C16H9ClFN3O3S/c17-11-8-10(5-6-12(11)18)19-16-20-15(22)14(25-16)7-9-3-1-2-4-13(9)21(23)24/h1-8H,(H,19,20,22)/b14-7-. The van der Waals surface area contributed by atoms with Gasteiger partial charge in [0.1, 0.15) is 5.82 Å². The summed E-state index contributed by atoms with van der Waals surface area (Å²) in [4.78, 5) is 27.0. The van der Waals surface area contributed by atoms with Crippen LogP contribution in [-0.2, 0) is 4.79 Å². The van der Waals surface area contributed by atoms with E-state index in [-0.39, 0.29) is 20.8 Å². The first-order valence-electron chi connectivity index (χ1n) is 6.92. The second-order valence-electron chi connectivity index (χ2n) is 4.90. The molecule has 1 amide bonds. The molecular formula is C16H9ClFN3O3S. The number of carbonyl (C=O) groups is 1. The van der Waals surface area contributed by atoms with E-state index < -0.39 is 16.6 Å². The minimum atomic E-state index is -0.564. The molecular weight excluding hydrogens is 369 g/mol. The van der Waals surface area contributed by atoms with Crippen LogP contribution in [0.15, 0.2) is 52.4 Å². The summed E-state index contributed by atoms with van der Waals surface area (Å²) in [5.41, 5.74) is 0.594. The molecule has 126 valence electrons. The lowest BCUT2D eigenvalue weighted by Crippen LogP contribution is -2.19. The van der Waals surface area contributed by atoms with E-state index in [1.54, 1.807) is 18.2 Å². The summed E-state index contributed by atoms with van der Waals surface area (Å²) in [6, 6.07) is 10.0. The largest absolute Gasteiger partial charge is 0.300 e. The van der Waals surface area contributed by atoms with Gasteiger partial charge in [-0.05, 0) is 42.1 Å². The minimum absolute atomic E-state index is 0.0770. The Morgan fingerprint density at radius 1 is 1.28 bits per heavy atom. The van der Waals surface area contributed by atoms with Crippen molar-refractivity contribution in [2.24, 2.45) is 4.99 Å². The molecule has 0 unspecified atom stereocenters. The number of hydrogen-bond acceptors (Lipinski definition) is 5. The predicted molar refractivity (Wildman–Crippen MR) is 95.3 cm³/mol. The molecule has 1 N–H and O–H groups in total. The number of halogens is 2. The lowest BCUT2D eigenvalue weighted by molar-refractivity contribution is -0.385. The summed E-state index contributed by atoms with van der Waals surface area (Å²) < 4.78 is 13.2. The molecule has 1 aliphatic rings. The van der Waals surface area contributed by atoms with E-state index >= 15 is 0 Å². The van der Waals surface area contributed by atoms with Crippen molar-refractivity contribution in [3.05, 3.63) is 73.9 Å². The van der Waals surface area contributed by atoms with Crippen LogP contribution in [0.3, 0.4) is 0 Å². The molecule has 6 nitrogen and oxygen atoms in total. The number of nitrogens with one attached hydrogen (secondary N) is 1. The zero-order valence-corrected chi connectivity index (χ0v) is 14.0. The van der Waals surface area contributed by atoms with Crippen LogP contribution in [0.5, 0.6) is 0 Å². The molecule has 3 rings (SSSR count). The number of hydrogen-bond donors (Lipinski definition) is 1. The molecule has 0 aromatic heterocycles. The molecule has 0 spiro atoms. The van der Waals surface area contributed by atoms with Crippen molar-refractivity contribution in [1.29, 1.82) is 0 Å². The van der Waals surface area contributed by atoms with E-state index in [4.69, 9.17) is 11.6 Å². The Labute approximate surface area is 150 Å². The first-order chi connectivity index (χ1) is 11.9. The van der Waals surface area contributed by atoms with Gasteiger partial charge in [0.05, 0.1) is 26.1 Å². The number of aliphatic imine (C=N–C) groups is 1. The Morgan fingerprint density at radius 3 is 2.76 bits per heavy atom. The Bertz CT molecular complexity index is 946. The highest BCUT2D eigenvalue weighted by molar-refractivity contribution is 8.18. The molecule has 0 atom stereocenters. The van der Waals surface area contributed by atoms with Gasteiger partial charge in [-0.15, -0.1) is 0 Å². The number of para-hydroxylation sites is 1. The first-order valence-corrected chi connectivity index (χ1v) is 8.11. The second kappa shape index (κ2) is 7.04. The maximum atomic E-state index is 13.2. The van der Waals surface area contributed by atoms with Crippen LogP contribution in [0.4, 0.5) is 15.8 Å². The number of nitro groups is 1. The third-order valence-corrected chi connectivity index (χ3v) is 4.40. The monoisotopic (exact) mass is 377 g/mol. The predicted octanol–water partition coefficient (Wildman–Crippen LogP) is 4.28. The van der Waals surface area contributed by atoms with E-state index in [0.717, 1.165) is 11.8 Å². The highest BCUT2D eigenvalue weighted by Gasteiger charge is 2.25. The topological polar surface area (TPSA) is 84.6 Å². The maximum Gasteiger partial charge on any atom is 0.276 e. The molecule has 0 radical (unpaired) electrons. The molecule has 0 saturated carbocycles. The molecule has 1 heterocycles. The van der Waals surface area contributed by atoms with Crippen molar-refractivity contribution >= 4 is 51.9 Å². The number of nitro benzene ring substituents is 1. The number of amides is 1. The lowest BCUT2D eigenvalue weighted by Gasteiger charge is -1.98. The van der Waals surface area contributed by atoms with Crippen LogP contribution in [0.1, 0.15) is 5.56 Å². The van der Waals surface area contributed by atoms with Crippen molar-refractivity contribution in [2.45, 2.75) is 0 Å². The van der Waals surface area contributed by atoms with Crippen LogP contribution in [0, 0.1) is 15.9 Å². The third kappa shape index (κ3) is 3.86. The fraction of sp³-hybridized carbons (Fsp3) is 0. The molecule has 2 aromatic carbocycles. The molecule has 25 heavy (non-hydrogen) atoms. The summed E-state index contributed by atoms with van der Waals surface area (Å²) in [6.07, 6.45) is 1.43. The third-order valence-electron chi connectivity index (χ3n) is 3.20. The lowest BCUT2D eigenvalue weighted by atomic mass is 10.1. The van der Waals surface area contributed by atoms with Crippen molar-refractivity contribution in [2.75, 3.05) is 0 Å². The molecule has 2 aromatic rings. The Balaban J connectivity index is 1.89. The van der Waals surface area contributed by atoms with Gasteiger partial charge in [0.15, 0.2) is 5.17 Å². The zero-order chi connectivity index (χ0) is 18.0. The normalized spacial score (nSPS) is 17.1. The maximum absolute atomic E-state index is 13.2. The highest BCUT2D eigenvalue weighted by Crippen LogP contribution is 2.31. The first kappa shape index (κ1) is 17.1. The van der Waals surface area contributed by atoms with Crippen LogP contribution in [0.2, 0.25) is 5.02 Å². The minimum Gasteiger partial charge on any atom is -0.300 e. The molecule has 0 aliphatic carbocycles. The molecule has 1 fully saturated rings. The van der Waals surface area contributed by atoms with Crippen molar-refractivity contribution in [3.8, 4) is 0 Å². The summed E-state index contributed by atoms with van der Waals surface area (Å²) in [5.74, 6) is -0.985. The van der Waals surface area contributed by atoms with Gasteiger partial charge in [-0.25, -0.2) is 9.38 Å². The van der Waals surface area contributed by atoms with Crippen LogP contribution >= 0.6 is 23.4 Å². The summed E-state index contributed by atoms with van der Waals surface area (Å²) in [6.45, 7) is 0. The van der Waals surface area contributed by atoms with E-state index in [0.29, 0.717) is 11.3 Å². The van der Waals surface area contributed by atoms with Crippen LogP contribution < -0.4 is 5.32 Å². The Hall–Kier alpha value is -2.71. The number of thioether (sulfide) groups is 1.